The minimum Gasteiger partial charge on any atom is -0.355 e. The average molecular weight is 393 g/mol. The Morgan fingerprint density at radius 2 is 1.96 bits per heavy atom. The number of H-pyrrole nitrogens is 1. The van der Waals surface area contributed by atoms with Crippen LogP contribution in [0.3, 0.4) is 0 Å². The molecule has 0 saturated heterocycles. The molecule has 2 N–H and O–H groups in total. The maximum atomic E-state index is 12.3. The minimum absolute atomic E-state index is 0.0683. The Bertz CT molecular complexity index is 1010. The number of hydrogen-bond acceptors (Lipinski definition) is 4. The van der Waals surface area contributed by atoms with E-state index in [2.05, 4.69) is 63.0 Å². The maximum absolute atomic E-state index is 12.3. The van der Waals surface area contributed by atoms with Gasteiger partial charge in [-0.15, -0.1) is 0 Å². The molecule has 1 aromatic heterocycles. The van der Waals surface area contributed by atoms with Gasteiger partial charge in [0.05, 0.1) is 22.8 Å². The molecule has 0 radical (unpaired) electrons. The van der Waals surface area contributed by atoms with Crippen LogP contribution in [0.5, 0.6) is 0 Å². The maximum Gasteiger partial charge on any atom is 0.235 e. The Labute approximate surface area is 169 Å². The van der Waals surface area contributed by atoms with Crippen LogP contribution in [0, 0.1) is 0 Å². The number of nitrogens with zero attached hydrogens (tertiary/aromatic N) is 2. The quantitative estimate of drug-likeness (QED) is 0.618. The lowest BCUT2D eigenvalue weighted by molar-refractivity contribution is -0.120. The molecule has 2 aromatic carbocycles. The molecule has 28 heavy (non-hydrogen) atoms. The third kappa shape index (κ3) is 4.12. The molecule has 2 atom stereocenters. The Morgan fingerprint density at radius 1 is 1.18 bits per heavy atom. The van der Waals surface area contributed by atoms with Crippen LogP contribution in [0.2, 0.25) is 0 Å². The van der Waals surface area contributed by atoms with Gasteiger partial charge in [0.1, 0.15) is 5.25 Å². The fraction of sp³-hybridized carbons (Fsp3) is 0.318. The van der Waals surface area contributed by atoms with Gasteiger partial charge < -0.3 is 5.32 Å². The van der Waals surface area contributed by atoms with Gasteiger partial charge in [-0.25, -0.2) is 0 Å². The number of fused-ring (bicyclic) bond motifs is 1. The highest BCUT2D eigenvalue weighted by Gasteiger charge is 2.30. The Balaban J connectivity index is 1.27. The summed E-state index contributed by atoms with van der Waals surface area (Å²) < 4.78 is 0. The zero-order chi connectivity index (χ0) is 19.5. The minimum atomic E-state index is -0.0770. The number of amides is 1. The van der Waals surface area contributed by atoms with Gasteiger partial charge in [-0.1, -0.05) is 42.1 Å². The van der Waals surface area contributed by atoms with Gasteiger partial charge in [-0.05, 0) is 55.5 Å². The molecule has 0 fully saturated rings. The van der Waals surface area contributed by atoms with Crippen molar-refractivity contribution in [2.24, 2.45) is 4.99 Å². The smallest absolute Gasteiger partial charge is 0.235 e. The van der Waals surface area contributed by atoms with Crippen LogP contribution >= 0.6 is 11.8 Å². The molecule has 3 aromatic rings. The summed E-state index contributed by atoms with van der Waals surface area (Å²) in [5, 5.41) is 12.1. The number of aromatic nitrogens is 2. The van der Waals surface area contributed by atoms with E-state index in [-0.39, 0.29) is 17.2 Å². The Morgan fingerprint density at radius 3 is 2.71 bits per heavy atom. The summed E-state index contributed by atoms with van der Waals surface area (Å²) in [5.74, 6) is 0.100. The van der Waals surface area contributed by atoms with E-state index in [1.165, 1.54) is 16.7 Å². The Hall–Kier alpha value is -2.60. The van der Waals surface area contributed by atoms with Crippen LogP contribution in [0.4, 0.5) is 0 Å². The van der Waals surface area contributed by atoms with E-state index >= 15 is 0 Å². The molecule has 4 rings (SSSR count). The molecule has 2 heterocycles. The summed E-state index contributed by atoms with van der Waals surface area (Å²) in [4.78, 5) is 16.7. The molecule has 0 saturated carbocycles. The zero-order valence-electron chi connectivity index (χ0n) is 16.1. The number of thioether (sulfide) groups is 1. The van der Waals surface area contributed by atoms with Crippen molar-refractivity contribution in [2.75, 3.05) is 6.54 Å². The highest BCUT2D eigenvalue weighted by molar-refractivity contribution is 8.15. The summed E-state index contributed by atoms with van der Waals surface area (Å²) in [5.41, 5.74) is 4.72. The number of carbonyl (C=O) groups is 1. The first-order valence-corrected chi connectivity index (χ1v) is 10.5. The summed E-state index contributed by atoms with van der Waals surface area (Å²) in [7, 11) is 0. The third-order valence-electron chi connectivity index (χ3n) is 5.05. The van der Waals surface area contributed by atoms with E-state index in [1.54, 1.807) is 11.8 Å². The lowest BCUT2D eigenvalue weighted by Crippen LogP contribution is -2.37. The topological polar surface area (TPSA) is 70.1 Å². The van der Waals surface area contributed by atoms with E-state index in [4.69, 9.17) is 0 Å². The molecule has 0 spiro atoms. The van der Waals surface area contributed by atoms with Crippen LogP contribution < -0.4 is 5.32 Å². The first kappa shape index (κ1) is 18.7. The van der Waals surface area contributed by atoms with Gasteiger partial charge in [-0.3, -0.25) is 14.9 Å². The molecule has 144 valence electrons. The number of benzene rings is 2. The number of aromatic amines is 1. The van der Waals surface area contributed by atoms with Crippen molar-refractivity contribution >= 4 is 33.6 Å². The Kier molecular flexibility index (Phi) is 5.48. The van der Waals surface area contributed by atoms with E-state index in [0.29, 0.717) is 6.54 Å². The van der Waals surface area contributed by atoms with Crippen LogP contribution in [-0.2, 0) is 11.2 Å². The van der Waals surface area contributed by atoms with Crippen molar-refractivity contribution in [3.8, 4) is 11.1 Å². The summed E-state index contributed by atoms with van der Waals surface area (Å²) in [6.07, 6.45) is 3.72. The number of aliphatic imine (C=N–C) groups is 1. The lowest BCUT2D eigenvalue weighted by Gasteiger charge is -2.13. The van der Waals surface area contributed by atoms with Gasteiger partial charge >= 0.3 is 0 Å². The van der Waals surface area contributed by atoms with Crippen molar-refractivity contribution in [1.82, 2.24) is 15.5 Å². The largest absolute Gasteiger partial charge is 0.355 e. The molecule has 5 nitrogen and oxygen atoms in total. The van der Waals surface area contributed by atoms with Gasteiger partial charge in [0.25, 0.3) is 0 Å². The molecule has 1 amide bonds. The molecule has 1 aliphatic rings. The highest BCUT2D eigenvalue weighted by Crippen LogP contribution is 2.27. The van der Waals surface area contributed by atoms with E-state index < -0.39 is 0 Å². The van der Waals surface area contributed by atoms with Crippen LogP contribution in [0.1, 0.15) is 25.8 Å². The second-order valence-corrected chi connectivity index (χ2v) is 8.53. The monoisotopic (exact) mass is 392 g/mol. The number of hydrogen-bond donors (Lipinski definition) is 2. The SMILES string of the molecule is CC1=NC(C)C(C(=O)NCCCc2ccc(-c3ccc4[nH]ncc4c3)cc2)S1. The fourth-order valence-electron chi connectivity index (χ4n) is 3.53. The standard InChI is InChI=1S/C22H24N4OS/c1-14-21(28-15(2)25-14)22(27)23-11-3-4-16-5-7-17(8-6-16)18-9-10-20-19(12-18)13-24-26-20/h5-10,12-14,21H,3-4,11H2,1-2H3,(H,23,27)(H,24,26). The normalized spacial score (nSPS) is 19.0. The van der Waals surface area contributed by atoms with E-state index in [9.17, 15) is 4.79 Å². The molecular weight excluding hydrogens is 368 g/mol. The number of aryl methyl sites for hydroxylation is 1. The second-order valence-electron chi connectivity index (χ2n) is 7.19. The highest BCUT2D eigenvalue weighted by atomic mass is 32.2. The fourth-order valence-corrected chi connectivity index (χ4v) is 4.57. The van der Waals surface area contributed by atoms with Crippen molar-refractivity contribution in [2.45, 2.75) is 38.0 Å². The second kappa shape index (κ2) is 8.19. The van der Waals surface area contributed by atoms with Gasteiger partial charge in [0.2, 0.25) is 5.91 Å². The molecule has 0 bridgehead atoms. The van der Waals surface area contributed by atoms with Crippen LogP contribution in [0.15, 0.2) is 53.7 Å². The third-order valence-corrected chi connectivity index (χ3v) is 6.36. The molecule has 6 heteroatoms. The van der Waals surface area contributed by atoms with E-state index in [1.807, 2.05) is 20.0 Å². The van der Waals surface area contributed by atoms with Crippen LogP contribution in [0.25, 0.3) is 22.0 Å². The molecule has 1 aliphatic heterocycles. The van der Waals surface area contributed by atoms with Crippen LogP contribution in [-0.4, -0.2) is 39.0 Å². The van der Waals surface area contributed by atoms with Crippen molar-refractivity contribution < 1.29 is 4.79 Å². The van der Waals surface area contributed by atoms with E-state index in [0.717, 1.165) is 28.8 Å². The molecule has 2 unspecified atom stereocenters. The molecular formula is C22H24N4OS. The zero-order valence-corrected chi connectivity index (χ0v) is 16.9. The summed E-state index contributed by atoms with van der Waals surface area (Å²) >= 11 is 1.57. The summed E-state index contributed by atoms with van der Waals surface area (Å²) in [6, 6.07) is 15.0. The first-order valence-electron chi connectivity index (χ1n) is 9.61. The predicted molar refractivity (Wildman–Crippen MR) is 117 cm³/mol. The number of rotatable bonds is 6. The lowest BCUT2D eigenvalue weighted by atomic mass is 10.0. The molecule has 0 aliphatic carbocycles. The van der Waals surface area contributed by atoms with Gasteiger partial charge in [0, 0.05) is 11.9 Å². The number of carbonyl (C=O) groups excluding carboxylic acids is 1. The summed E-state index contributed by atoms with van der Waals surface area (Å²) in [6.45, 7) is 4.66. The van der Waals surface area contributed by atoms with Crippen molar-refractivity contribution in [3.05, 3.63) is 54.2 Å². The predicted octanol–water partition coefficient (Wildman–Crippen LogP) is 4.20. The van der Waals surface area contributed by atoms with Crippen molar-refractivity contribution in [3.63, 3.8) is 0 Å². The number of nitrogens with one attached hydrogen (secondary N) is 2. The average Bonchev–Trinajstić information content (AvgIpc) is 3.30. The first-order chi connectivity index (χ1) is 13.6. The van der Waals surface area contributed by atoms with Crippen molar-refractivity contribution in [1.29, 1.82) is 0 Å². The van der Waals surface area contributed by atoms with Gasteiger partial charge in [0.15, 0.2) is 0 Å². The van der Waals surface area contributed by atoms with Gasteiger partial charge in [-0.2, -0.15) is 5.10 Å².